The Morgan fingerprint density at radius 1 is 1.27 bits per heavy atom. The van der Waals surface area contributed by atoms with Crippen LogP contribution in [-0.4, -0.2) is 0 Å². The molecule has 0 aliphatic rings. The minimum atomic E-state index is 0.866. The highest BCUT2D eigenvalue weighted by atomic mass is 32.2. The number of allylic oxidation sites excluding steroid dienone is 2. The van der Waals surface area contributed by atoms with Gasteiger partial charge in [0.05, 0.1) is 4.91 Å². The Kier molecular flexibility index (Phi) is 11.1. The third-order valence-electron chi connectivity index (χ3n) is 0.562. The monoisotopic (exact) mass is 168 g/mol. The van der Waals surface area contributed by atoms with Gasteiger partial charge < -0.3 is 0 Å². The van der Waals surface area contributed by atoms with E-state index in [1.807, 2.05) is 20.8 Å². The Balaban J connectivity index is 0. The van der Waals surface area contributed by atoms with Crippen molar-refractivity contribution < 1.29 is 0 Å². The number of hydrogen-bond donors (Lipinski definition) is 0. The van der Waals surface area contributed by atoms with Gasteiger partial charge in [-0.25, -0.2) is 0 Å². The number of hydrogen-bond acceptors (Lipinski definition) is 1. The Morgan fingerprint density at radius 3 is 2.00 bits per heavy atom. The van der Waals surface area contributed by atoms with Crippen LogP contribution in [0.4, 0.5) is 0 Å². The van der Waals surface area contributed by atoms with Gasteiger partial charge in [-0.1, -0.05) is 44.7 Å². The van der Waals surface area contributed by atoms with Crippen LogP contribution < -0.4 is 0 Å². The molecule has 0 amide bonds. The lowest BCUT2D eigenvalue weighted by Gasteiger charge is -1.92. The van der Waals surface area contributed by atoms with Gasteiger partial charge in [0.25, 0.3) is 0 Å². The van der Waals surface area contributed by atoms with E-state index in [0.717, 1.165) is 9.81 Å². The Morgan fingerprint density at radius 2 is 1.73 bits per heavy atom. The summed E-state index contributed by atoms with van der Waals surface area (Å²) in [5.41, 5.74) is 0. The Bertz CT molecular complexity index is 179. The summed E-state index contributed by atoms with van der Waals surface area (Å²) < 4.78 is 0. The summed E-state index contributed by atoms with van der Waals surface area (Å²) in [6.45, 7) is 15.2. The molecule has 0 fully saturated rings. The zero-order valence-corrected chi connectivity index (χ0v) is 8.64. The Hall–Kier alpha value is -0.610. The quantitative estimate of drug-likeness (QED) is 0.565. The van der Waals surface area contributed by atoms with Crippen molar-refractivity contribution in [2.75, 3.05) is 0 Å². The van der Waals surface area contributed by atoms with Crippen LogP contribution in [-0.2, 0) is 0 Å². The summed E-state index contributed by atoms with van der Waals surface area (Å²) in [5.74, 6) is 5.60. The average Bonchev–Trinajstić information content (AvgIpc) is 1.91. The van der Waals surface area contributed by atoms with Crippen LogP contribution in [0.25, 0.3) is 0 Å². The molecule has 0 heterocycles. The first-order valence-corrected chi connectivity index (χ1v) is 4.43. The first kappa shape index (κ1) is 13.0. The highest BCUT2D eigenvalue weighted by Crippen LogP contribution is 2.19. The van der Waals surface area contributed by atoms with E-state index >= 15 is 0 Å². The zero-order chi connectivity index (χ0) is 9.28. The van der Waals surface area contributed by atoms with E-state index in [1.54, 1.807) is 6.92 Å². The summed E-state index contributed by atoms with van der Waals surface area (Å²) in [6, 6.07) is 0. The van der Waals surface area contributed by atoms with Gasteiger partial charge in [0.15, 0.2) is 0 Å². The molecule has 0 atom stereocenters. The molecule has 0 aliphatic heterocycles. The maximum Gasteiger partial charge on any atom is 0.0545 e. The summed E-state index contributed by atoms with van der Waals surface area (Å²) in [7, 11) is 0. The second-order valence-electron chi connectivity index (χ2n) is 1.60. The van der Waals surface area contributed by atoms with Gasteiger partial charge in [-0.15, -0.1) is 5.92 Å². The van der Waals surface area contributed by atoms with Crippen LogP contribution in [0.15, 0.2) is 23.0 Å². The molecule has 0 aliphatic carbocycles. The molecular weight excluding hydrogens is 152 g/mol. The molecule has 0 aromatic heterocycles. The maximum atomic E-state index is 3.71. The van der Waals surface area contributed by atoms with Gasteiger partial charge in [-0.2, -0.15) is 0 Å². The van der Waals surface area contributed by atoms with Crippen molar-refractivity contribution in [3.05, 3.63) is 23.0 Å². The van der Waals surface area contributed by atoms with Gasteiger partial charge in [-0.3, -0.25) is 0 Å². The van der Waals surface area contributed by atoms with Crippen molar-refractivity contribution in [3.8, 4) is 11.8 Å². The lowest BCUT2D eigenvalue weighted by molar-refractivity contribution is 1.50. The molecule has 0 aromatic carbocycles. The fraction of sp³-hybridized carbons (Fsp3) is 0.400. The maximum absolute atomic E-state index is 3.71. The van der Waals surface area contributed by atoms with Crippen molar-refractivity contribution in [2.24, 2.45) is 0 Å². The third-order valence-corrected chi connectivity index (χ3v) is 1.26. The summed E-state index contributed by atoms with van der Waals surface area (Å²) in [5, 5.41) is 0. The van der Waals surface area contributed by atoms with E-state index in [-0.39, 0.29) is 0 Å². The molecule has 0 radical (unpaired) electrons. The fourth-order valence-electron chi connectivity index (χ4n) is 0.375. The molecule has 0 saturated heterocycles. The van der Waals surface area contributed by atoms with E-state index in [1.165, 1.54) is 11.8 Å². The molecular formula is C10H16S. The summed E-state index contributed by atoms with van der Waals surface area (Å²) in [6.07, 6.45) is 0. The highest BCUT2D eigenvalue weighted by Gasteiger charge is 1.87. The van der Waals surface area contributed by atoms with Crippen molar-refractivity contribution in [1.29, 1.82) is 0 Å². The third kappa shape index (κ3) is 12.6. The molecule has 0 spiro atoms. The molecule has 62 valence electrons. The van der Waals surface area contributed by atoms with E-state index in [0.29, 0.717) is 0 Å². The predicted molar refractivity (Wildman–Crippen MR) is 56.3 cm³/mol. The van der Waals surface area contributed by atoms with E-state index in [9.17, 15) is 0 Å². The van der Waals surface area contributed by atoms with Crippen LogP contribution in [0.5, 0.6) is 0 Å². The second kappa shape index (κ2) is 9.39. The molecule has 0 bridgehead atoms. The van der Waals surface area contributed by atoms with E-state index in [4.69, 9.17) is 0 Å². The molecule has 0 unspecified atom stereocenters. The first-order valence-electron chi connectivity index (χ1n) is 3.62. The normalized spacial score (nSPS) is 6.55. The predicted octanol–water partition coefficient (Wildman–Crippen LogP) is 3.82. The Labute approximate surface area is 74.8 Å². The number of thioether (sulfide) groups is 1. The van der Waals surface area contributed by atoms with Gasteiger partial charge in [0.1, 0.15) is 0 Å². The van der Waals surface area contributed by atoms with Crippen LogP contribution in [0, 0.1) is 11.8 Å². The second-order valence-corrected chi connectivity index (χ2v) is 3.00. The summed E-state index contributed by atoms with van der Waals surface area (Å²) in [4.78, 5) is 1.90. The fourth-order valence-corrected chi connectivity index (χ4v) is 0.949. The van der Waals surface area contributed by atoms with Crippen LogP contribution in [0.3, 0.4) is 0 Å². The van der Waals surface area contributed by atoms with Crippen molar-refractivity contribution >= 4 is 11.8 Å². The van der Waals surface area contributed by atoms with E-state index < -0.39 is 0 Å². The first-order chi connectivity index (χ1) is 5.16. The largest absolute Gasteiger partial charge is 0.101 e. The molecule has 0 N–H and O–H groups in total. The standard InChI is InChI=1S/C8H10S.C2H6/c1-5-6-8(4)9-7(2)3;1-2/h2,4H2,1,3H3;1-2H3. The van der Waals surface area contributed by atoms with Gasteiger partial charge >= 0.3 is 0 Å². The molecule has 11 heavy (non-hydrogen) atoms. The molecule has 0 rings (SSSR count). The van der Waals surface area contributed by atoms with Crippen molar-refractivity contribution in [3.63, 3.8) is 0 Å². The molecule has 1 heteroatoms. The lowest BCUT2D eigenvalue weighted by Crippen LogP contribution is -1.65. The van der Waals surface area contributed by atoms with Gasteiger partial charge in [-0.05, 0) is 18.8 Å². The highest BCUT2D eigenvalue weighted by molar-refractivity contribution is 8.06. The van der Waals surface area contributed by atoms with Gasteiger partial charge in [0, 0.05) is 0 Å². The summed E-state index contributed by atoms with van der Waals surface area (Å²) >= 11 is 1.52. The minimum Gasteiger partial charge on any atom is -0.101 e. The van der Waals surface area contributed by atoms with Crippen LogP contribution in [0.1, 0.15) is 27.7 Å². The van der Waals surface area contributed by atoms with Crippen LogP contribution in [0.2, 0.25) is 0 Å². The smallest absolute Gasteiger partial charge is 0.0545 e. The van der Waals surface area contributed by atoms with Crippen molar-refractivity contribution in [2.45, 2.75) is 27.7 Å². The average molecular weight is 168 g/mol. The lowest BCUT2D eigenvalue weighted by atomic mass is 10.6. The molecule has 0 saturated carbocycles. The topological polar surface area (TPSA) is 0 Å². The molecule has 0 nitrogen and oxygen atoms in total. The zero-order valence-electron chi connectivity index (χ0n) is 7.82. The molecule has 0 aromatic rings. The number of rotatable bonds is 2. The van der Waals surface area contributed by atoms with Crippen molar-refractivity contribution in [1.82, 2.24) is 0 Å². The minimum absolute atomic E-state index is 0.866. The van der Waals surface area contributed by atoms with Crippen LogP contribution >= 0.6 is 11.8 Å². The SMILES string of the molecule is C=C(C)SC(=C)C#CC.CC. The van der Waals surface area contributed by atoms with E-state index in [2.05, 4.69) is 25.0 Å². The van der Waals surface area contributed by atoms with Gasteiger partial charge in [0.2, 0.25) is 0 Å².